The van der Waals surface area contributed by atoms with Crippen molar-refractivity contribution in [1.82, 2.24) is 4.90 Å². The number of nitrogens with zero attached hydrogens (tertiary/aromatic N) is 1. The first-order valence-electron chi connectivity index (χ1n) is 4.73. The molecule has 0 unspecified atom stereocenters. The molecule has 0 saturated heterocycles. The van der Waals surface area contributed by atoms with Crippen molar-refractivity contribution in [3.63, 3.8) is 0 Å². The lowest BCUT2D eigenvalue weighted by Crippen LogP contribution is -2.44. The van der Waals surface area contributed by atoms with Crippen LogP contribution in [0.5, 0.6) is 0 Å². The molecule has 0 saturated carbocycles. The van der Waals surface area contributed by atoms with Gasteiger partial charge in [-0.05, 0) is 6.42 Å². The fourth-order valence-corrected chi connectivity index (χ4v) is 3.41. The maximum atomic E-state index is 5.37. The van der Waals surface area contributed by atoms with Gasteiger partial charge in [-0.1, -0.05) is 6.08 Å². The van der Waals surface area contributed by atoms with Crippen LogP contribution in [0.1, 0.15) is 6.42 Å². The summed E-state index contributed by atoms with van der Waals surface area (Å²) >= 11 is 0. The zero-order chi connectivity index (χ0) is 10.6. The predicted octanol–water partition coefficient (Wildman–Crippen LogP) is 1.08. The Hall–Kier alpha value is -0.363. The second-order valence-corrected chi connectivity index (χ2v) is 6.32. The molecule has 1 aliphatic rings. The van der Waals surface area contributed by atoms with Crippen molar-refractivity contribution in [2.45, 2.75) is 12.5 Å². The van der Waals surface area contributed by atoms with E-state index in [0.717, 1.165) is 19.0 Å². The molecule has 4 nitrogen and oxygen atoms in total. The highest BCUT2D eigenvalue weighted by molar-refractivity contribution is 6.61. The maximum absolute atomic E-state index is 5.37. The summed E-state index contributed by atoms with van der Waals surface area (Å²) in [5.41, 5.74) is 1.27. The van der Waals surface area contributed by atoms with E-state index < -0.39 is 8.80 Å². The maximum Gasteiger partial charge on any atom is 0.506 e. The quantitative estimate of drug-likeness (QED) is 0.645. The van der Waals surface area contributed by atoms with Gasteiger partial charge in [0.05, 0.1) is 6.04 Å². The molecule has 1 heterocycles. The van der Waals surface area contributed by atoms with Gasteiger partial charge in [0.15, 0.2) is 0 Å². The third-order valence-electron chi connectivity index (χ3n) is 2.67. The van der Waals surface area contributed by atoms with Crippen LogP contribution in [0.4, 0.5) is 0 Å². The topological polar surface area (TPSA) is 30.9 Å². The van der Waals surface area contributed by atoms with Gasteiger partial charge in [-0.3, -0.25) is 0 Å². The van der Waals surface area contributed by atoms with Gasteiger partial charge in [0.2, 0.25) is 0 Å². The van der Waals surface area contributed by atoms with E-state index in [4.69, 9.17) is 13.3 Å². The molecule has 0 radical (unpaired) electrons. The van der Waals surface area contributed by atoms with Crippen molar-refractivity contribution in [2.24, 2.45) is 0 Å². The van der Waals surface area contributed by atoms with Gasteiger partial charge in [-0.15, -0.1) is 0 Å². The standard InChI is InChI=1S/C9H19NO3Si/c1-10-7-5-6-9(10)8-14(11-2,12-3)13-4/h6H,5,7-8H2,1-4H3. The SMILES string of the molecule is CO[Si](CC1=CCCN1C)(OC)OC. The van der Waals surface area contributed by atoms with Crippen LogP contribution in [-0.4, -0.2) is 48.6 Å². The Bertz CT molecular complexity index is 208. The van der Waals surface area contributed by atoms with Crippen LogP contribution >= 0.6 is 0 Å². The monoisotopic (exact) mass is 217 g/mol. The van der Waals surface area contributed by atoms with E-state index in [9.17, 15) is 0 Å². The molecule has 0 N–H and O–H groups in total. The number of rotatable bonds is 5. The number of allylic oxidation sites excluding steroid dienone is 1. The van der Waals surface area contributed by atoms with Crippen LogP contribution in [0.25, 0.3) is 0 Å². The minimum absolute atomic E-state index is 0.757. The Morgan fingerprint density at radius 1 is 1.29 bits per heavy atom. The molecule has 0 spiro atoms. The van der Waals surface area contributed by atoms with Gasteiger partial charge in [0.1, 0.15) is 0 Å². The average molecular weight is 217 g/mol. The average Bonchev–Trinajstić information content (AvgIpc) is 2.61. The molecule has 1 aliphatic heterocycles. The molecule has 0 aliphatic carbocycles. The van der Waals surface area contributed by atoms with E-state index in [2.05, 4.69) is 18.0 Å². The van der Waals surface area contributed by atoms with Crippen molar-refractivity contribution >= 4 is 8.80 Å². The summed E-state index contributed by atoms with van der Waals surface area (Å²) in [6, 6.07) is 0.757. The van der Waals surface area contributed by atoms with E-state index in [-0.39, 0.29) is 0 Å². The van der Waals surface area contributed by atoms with Gasteiger partial charge >= 0.3 is 8.80 Å². The Morgan fingerprint density at radius 2 is 1.86 bits per heavy atom. The van der Waals surface area contributed by atoms with Crippen molar-refractivity contribution in [2.75, 3.05) is 34.9 Å². The zero-order valence-electron chi connectivity index (χ0n) is 9.37. The Kier molecular flexibility index (Phi) is 4.12. The van der Waals surface area contributed by atoms with Gasteiger partial charge in [-0.2, -0.15) is 0 Å². The Labute approximate surface area is 86.8 Å². The molecule has 0 atom stereocenters. The molecular formula is C9H19NO3Si. The number of hydrogen-bond acceptors (Lipinski definition) is 4. The first-order chi connectivity index (χ1) is 6.67. The summed E-state index contributed by atoms with van der Waals surface area (Å²) in [7, 11) is 4.59. The molecule has 14 heavy (non-hydrogen) atoms. The fourth-order valence-electron chi connectivity index (χ4n) is 1.62. The summed E-state index contributed by atoms with van der Waals surface area (Å²) in [5, 5.41) is 0. The van der Waals surface area contributed by atoms with Crippen molar-refractivity contribution in [3.05, 3.63) is 11.8 Å². The normalized spacial score (nSPS) is 17.4. The molecule has 1 rings (SSSR count). The summed E-state index contributed by atoms with van der Waals surface area (Å²) < 4.78 is 16.1. The van der Waals surface area contributed by atoms with Gasteiger partial charge in [-0.25, -0.2) is 0 Å². The van der Waals surface area contributed by atoms with Crippen LogP contribution in [-0.2, 0) is 13.3 Å². The highest BCUT2D eigenvalue weighted by Gasteiger charge is 2.40. The first kappa shape index (κ1) is 11.7. The van der Waals surface area contributed by atoms with E-state index in [1.54, 1.807) is 21.3 Å². The molecule has 0 bridgehead atoms. The lowest BCUT2D eigenvalue weighted by atomic mass is 10.4. The van der Waals surface area contributed by atoms with E-state index in [1.165, 1.54) is 5.70 Å². The first-order valence-corrected chi connectivity index (χ1v) is 6.66. The molecule has 5 heteroatoms. The minimum Gasteiger partial charge on any atom is -0.378 e. The van der Waals surface area contributed by atoms with E-state index in [0.29, 0.717) is 0 Å². The highest BCUT2D eigenvalue weighted by atomic mass is 28.4. The third kappa shape index (κ3) is 2.36. The molecule has 82 valence electrons. The van der Waals surface area contributed by atoms with Gasteiger partial charge in [0, 0.05) is 40.6 Å². The van der Waals surface area contributed by atoms with Gasteiger partial charge < -0.3 is 18.2 Å². The largest absolute Gasteiger partial charge is 0.506 e. The van der Waals surface area contributed by atoms with Crippen molar-refractivity contribution < 1.29 is 13.3 Å². The molecule has 0 fully saturated rings. The second-order valence-electron chi connectivity index (χ2n) is 3.38. The van der Waals surface area contributed by atoms with Crippen molar-refractivity contribution in [3.8, 4) is 0 Å². The summed E-state index contributed by atoms with van der Waals surface area (Å²) in [6.07, 6.45) is 3.33. The van der Waals surface area contributed by atoms with Crippen LogP contribution in [0.15, 0.2) is 11.8 Å². The molecule has 0 aromatic heterocycles. The summed E-state index contributed by atoms with van der Waals surface area (Å²) in [6.45, 7) is 1.08. The van der Waals surface area contributed by atoms with Crippen LogP contribution in [0, 0.1) is 0 Å². The molecule has 0 aromatic rings. The third-order valence-corrected chi connectivity index (χ3v) is 5.33. The minimum atomic E-state index is -2.43. The predicted molar refractivity (Wildman–Crippen MR) is 56.9 cm³/mol. The smallest absolute Gasteiger partial charge is 0.378 e. The zero-order valence-corrected chi connectivity index (χ0v) is 10.4. The van der Waals surface area contributed by atoms with Gasteiger partial charge in [0.25, 0.3) is 0 Å². The molecule has 0 amide bonds. The van der Waals surface area contributed by atoms with Crippen LogP contribution in [0.2, 0.25) is 6.04 Å². The lowest BCUT2D eigenvalue weighted by Gasteiger charge is -2.27. The summed E-state index contributed by atoms with van der Waals surface area (Å²) in [5.74, 6) is 0. The van der Waals surface area contributed by atoms with E-state index in [1.807, 2.05) is 0 Å². The molecule has 0 aromatic carbocycles. The molecular weight excluding hydrogens is 198 g/mol. The Balaban J connectivity index is 2.63. The lowest BCUT2D eigenvalue weighted by molar-refractivity contribution is 0.124. The fraction of sp³-hybridized carbons (Fsp3) is 0.778. The van der Waals surface area contributed by atoms with Crippen molar-refractivity contribution in [1.29, 1.82) is 0 Å². The highest BCUT2D eigenvalue weighted by Crippen LogP contribution is 2.24. The second kappa shape index (κ2) is 4.93. The van der Waals surface area contributed by atoms with Crippen LogP contribution < -0.4 is 0 Å². The summed E-state index contributed by atoms with van der Waals surface area (Å²) in [4.78, 5) is 2.22. The van der Waals surface area contributed by atoms with Crippen LogP contribution in [0.3, 0.4) is 0 Å². The van der Waals surface area contributed by atoms with E-state index >= 15 is 0 Å². The Morgan fingerprint density at radius 3 is 2.21 bits per heavy atom. The number of hydrogen-bond donors (Lipinski definition) is 0.